The molecular formula is C11H9N5O. The van der Waals surface area contributed by atoms with Crippen LogP contribution in [0.4, 0.5) is 5.95 Å². The van der Waals surface area contributed by atoms with Crippen molar-refractivity contribution in [2.24, 2.45) is 5.11 Å². The van der Waals surface area contributed by atoms with E-state index in [1.165, 1.54) is 12.4 Å². The second-order valence-corrected chi connectivity index (χ2v) is 3.18. The zero-order chi connectivity index (χ0) is 11.9. The fourth-order valence-electron chi connectivity index (χ4n) is 1.22. The quantitative estimate of drug-likeness (QED) is 0.457. The van der Waals surface area contributed by atoms with E-state index in [1.807, 2.05) is 30.3 Å². The lowest BCUT2D eigenvalue weighted by Crippen LogP contribution is -1.95. The Balaban J connectivity index is 1.98. The molecular weight excluding hydrogens is 218 g/mol. The number of hydrogen-bond donors (Lipinski definition) is 0. The largest absolute Gasteiger partial charge is 0.486 e. The highest BCUT2D eigenvalue weighted by molar-refractivity contribution is 5.21. The molecule has 0 saturated carbocycles. The molecule has 0 amide bonds. The van der Waals surface area contributed by atoms with Gasteiger partial charge in [0.2, 0.25) is 5.95 Å². The van der Waals surface area contributed by atoms with Gasteiger partial charge in [-0.3, -0.25) is 0 Å². The first-order valence-corrected chi connectivity index (χ1v) is 4.92. The molecule has 0 bridgehead atoms. The van der Waals surface area contributed by atoms with Gasteiger partial charge >= 0.3 is 0 Å². The standard InChI is InChI=1S/C11H9N5O/c12-16-15-11-13-6-10(7-14-11)17-8-9-4-2-1-3-5-9/h1-7H,8H2. The predicted octanol–water partition coefficient (Wildman–Crippen LogP) is 3.00. The summed E-state index contributed by atoms with van der Waals surface area (Å²) in [5, 5.41) is 3.27. The van der Waals surface area contributed by atoms with Gasteiger partial charge in [-0.15, -0.1) is 0 Å². The van der Waals surface area contributed by atoms with Crippen LogP contribution in [-0.4, -0.2) is 9.97 Å². The van der Waals surface area contributed by atoms with Gasteiger partial charge < -0.3 is 4.74 Å². The lowest BCUT2D eigenvalue weighted by Gasteiger charge is -2.04. The van der Waals surface area contributed by atoms with Crippen LogP contribution >= 0.6 is 0 Å². The molecule has 1 aromatic carbocycles. The molecule has 6 nitrogen and oxygen atoms in total. The van der Waals surface area contributed by atoms with Crippen LogP contribution in [0.3, 0.4) is 0 Å². The Labute approximate surface area is 97.5 Å². The number of ether oxygens (including phenoxy) is 1. The summed E-state index contributed by atoms with van der Waals surface area (Å²) < 4.78 is 5.47. The van der Waals surface area contributed by atoms with Gasteiger partial charge in [0.25, 0.3) is 0 Å². The van der Waals surface area contributed by atoms with Crippen LogP contribution in [0.5, 0.6) is 5.75 Å². The van der Waals surface area contributed by atoms with Gasteiger partial charge in [0.05, 0.1) is 12.4 Å². The molecule has 84 valence electrons. The molecule has 0 unspecified atom stereocenters. The Morgan fingerprint density at radius 3 is 2.53 bits per heavy atom. The van der Waals surface area contributed by atoms with Crippen molar-refractivity contribution in [3.05, 3.63) is 58.7 Å². The highest BCUT2D eigenvalue weighted by Gasteiger charge is 1.97. The highest BCUT2D eigenvalue weighted by Crippen LogP contribution is 2.12. The van der Waals surface area contributed by atoms with Crippen LogP contribution in [0.25, 0.3) is 10.4 Å². The van der Waals surface area contributed by atoms with Crippen molar-refractivity contribution in [3.63, 3.8) is 0 Å². The second kappa shape index (κ2) is 5.48. The molecule has 0 spiro atoms. The van der Waals surface area contributed by atoms with Crippen molar-refractivity contribution in [2.45, 2.75) is 6.61 Å². The summed E-state index contributed by atoms with van der Waals surface area (Å²) in [6, 6.07) is 9.77. The fraction of sp³-hybridized carbons (Fsp3) is 0.0909. The third kappa shape index (κ3) is 3.19. The Hall–Kier alpha value is -2.59. The smallest absolute Gasteiger partial charge is 0.216 e. The molecule has 0 aliphatic carbocycles. The summed E-state index contributed by atoms with van der Waals surface area (Å²) in [5.74, 6) is 0.616. The zero-order valence-corrected chi connectivity index (χ0v) is 8.89. The zero-order valence-electron chi connectivity index (χ0n) is 8.89. The van der Waals surface area contributed by atoms with Crippen molar-refractivity contribution in [3.8, 4) is 5.75 Å². The van der Waals surface area contributed by atoms with Crippen molar-refractivity contribution < 1.29 is 4.74 Å². The van der Waals surface area contributed by atoms with Crippen molar-refractivity contribution >= 4 is 5.95 Å². The molecule has 1 heterocycles. The first-order chi connectivity index (χ1) is 8.38. The minimum absolute atomic E-state index is 0.0829. The minimum atomic E-state index is 0.0829. The van der Waals surface area contributed by atoms with E-state index in [0.717, 1.165) is 5.56 Å². The number of azide groups is 1. The molecule has 0 radical (unpaired) electrons. The minimum Gasteiger partial charge on any atom is -0.486 e. The molecule has 0 N–H and O–H groups in total. The molecule has 0 fully saturated rings. The summed E-state index contributed by atoms with van der Waals surface area (Å²) in [6.45, 7) is 0.449. The summed E-state index contributed by atoms with van der Waals surface area (Å²) in [6.07, 6.45) is 2.94. The average Bonchev–Trinajstić information content (AvgIpc) is 2.40. The molecule has 1 aromatic heterocycles. The van der Waals surface area contributed by atoms with Gasteiger partial charge in [-0.1, -0.05) is 30.3 Å². The molecule has 0 atom stereocenters. The Morgan fingerprint density at radius 1 is 1.18 bits per heavy atom. The third-order valence-corrected chi connectivity index (χ3v) is 2.00. The number of hydrogen-bond acceptors (Lipinski definition) is 4. The molecule has 0 aliphatic heterocycles. The summed E-state index contributed by atoms with van der Waals surface area (Å²) in [4.78, 5) is 10.2. The lowest BCUT2D eigenvalue weighted by atomic mass is 10.2. The van der Waals surface area contributed by atoms with Gasteiger partial charge in [0.1, 0.15) is 6.61 Å². The van der Waals surface area contributed by atoms with E-state index in [-0.39, 0.29) is 5.95 Å². The highest BCUT2D eigenvalue weighted by atomic mass is 16.5. The van der Waals surface area contributed by atoms with Gasteiger partial charge in [-0.2, -0.15) is 0 Å². The first-order valence-electron chi connectivity index (χ1n) is 4.92. The van der Waals surface area contributed by atoms with E-state index in [9.17, 15) is 0 Å². The second-order valence-electron chi connectivity index (χ2n) is 3.18. The maximum atomic E-state index is 8.19. The van der Waals surface area contributed by atoms with Gasteiger partial charge in [-0.05, 0) is 16.2 Å². The van der Waals surface area contributed by atoms with Crippen LogP contribution in [0.2, 0.25) is 0 Å². The maximum Gasteiger partial charge on any atom is 0.216 e. The molecule has 17 heavy (non-hydrogen) atoms. The fourth-order valence-corrected chi connectivity index (χ4v) is 1.22. The Morgan fingerprint density at radius 2 is 1.88 bits per heavy atom. The Bertz CT molecular complexity index is 519. The van der Waals surface area contributed by atoms with E-state index in [2.05, 4.69) is 20.0 Å². The van der Waals surface area contributed by atoms with Crippen LogP contribution in [-0.2, 0) is 6.61 Å². The molecule has 0 aliphatic rings. The first kappa shape index (κ1) is 10.9. The summed E-state index contributed by atoms with van der Waals surface area (Å²) >= 11 is 0. The maximum absolute atomic E-state index is 8.19. The third-order valence-electron chi connectivity index (χ3n) is 2.00. The van der Waals surface area contributed by atoms with Crippen LogP contribution in [0.15, 0.2) is 47.8 Å². The van der Waals surface area contributed by atoms with Gasteiger partial charge in [-0.25, -0.2) is 9.97 Å². The van der Waals surface area contributed by atoms with Gasteiger partial charge in [0.15, 0.2) is 5.75 Å². The van der Waals surface area contributed by atoms with E-state index in [1.54, 1.807) is 0 Å². The topological polar surface area (TPSA) is 83.8 Å². The predicted molar refractivity (Wildman–Crippen MR) is 61.6 cm³/mol. The van der Waals surface area contributed by atoms with Gasteiger partial charge in [0, 0.05) is 4.91 Å². The van der Waals surface area contributed by atoms with E-state index < -0.39 is 0 Å². The van der Waals surface area contributed by atoms with Crippen molar-refractivity contribution in [2.75, 3.05) is 0 Å². The number of rotatable bonds is 4. The van der Waals surface area contributed by atoms with E-state index >= 15 is 0 Å². The Kier molecular flexibility index (Phi) is 3.52. The van der Waals surface area contributed by atoms with Crippen molar-refractivity contribution in [1.82, 2.24) is 9.97 Å². The molecule has 0 saturated heterocycles. The van der Waals surface area contributed by atoms with E-state index in [0.29, 0.717) is 12.4 Å². The molecule has 2 rings (SSSR count). The van der Waals surface area contributed by atoms with Crippen molar-refractivity contribution in [1.29, 1.82) is 0 Å². The van der Waals surface area contributed by atoms with Crippen LogP contribution in [0.1, 0.15) is 5.56 Å². The summed E-state index contributed by atoms with van der Waals surface area (Å²) in [5.41, 5.74) is 9.25. The molecule has 2 aromatic rings. The normalized spacial score (nSPS) is 9.41. The summed E-state index contributed by atoms with van der Waals surface area (Å²) in [7, 11) is 0. The average molecular weight is 227 g/mol. The van der Waals surface area contributed by atoms with Crippen LogP contribution < -0.4 is 4.74 Å². The van der Waals surface area contributed by atoms with E-state index in [4.69, 9.17) is 10.3 Å². The number of nitrogens with zero attached hydrogens (tertiary/aromatic N) is 5. The van der Waals surface area contributed by atoms with Crippen LogP contribution in [0, 0.1) is 0 Å². The number of benzene rings is 1. The molecule has 6 heteroatoms. The lowest BCUT2D eigenvalue weighted by molar-refractivity contribution is 0.303. The number of aromatic nitrogens is 2. The monoisotopic (exact) mass is 227 g/mol. The SMILES string of the molecule is [N-]=[N+]=Nc1ncc(OCc2ccccc2)cn1.